The van der Waals surface area contributed by atoms with Crippen molar-refractivity contribution in [3.63, 3.8) is 0 Å². The van der Waals surface area contributed by atoms with Crippen LogP contribution < -0.4 is 10.6 Å². The van der Waals surface area contributed by atoms with Crippen molar-refractivity contribution >= 4 is 11.8 Å². The van der Waals surface area contributed by atoms with Gasteiger partial charge >= 0.3 is 6.03 Å². The molecule has 0 aliphatic carbocycles. The SMILES string of the molecule is Cc1ccnc(-n2nccc2NC(=O)N[C@H]2CCc3ncnn3C2)c1. The van der Waals surface area contributed by atoms with E-state index >= 15 is 0 Å². The first kappa shape index (κ1) is 15.3. The largest absolute Gasteiger partial charge is 0.333 e. The number of fused-ring (bicyclic) bond motifs is 1. The highest BCUT2D eigenvalue weighted by molar-refractivity contribution is 5.88. The highest BCUT2D eigenvalue weighted by Gasteiger charge is 2.21. The van der Waals surface area contributed by atoms with Crippen LogP contribution in [0.3, 0.4) is 0 Å². The van der Waals surface area contributed by atoms with Crippen molar-refractivity contribution < 1.29 is 4.79 Å². The highest BCUT2D eigenvalue weighted by Crippen LogP contribution is 2.15. The molecule has 128 valence electrons. The van der Waals surface area contributed by atoms with Crippen molar-refractivity contribution in [2.75, 3.05) is 5.32 Å². The van der Waals surface area contributed by atoms with Gasteiger partial charge in [0.1, 0.15) is 18.0 Å². The Morgan fingerprint density at radius 2 is 2.16 bits per heavy atom. The molecule has 1 aliphatic rings. The van der Waals surface area contributed by atoms with Crippen LogP contribution in [0, 0.1) is 6.92 Å². The number of carbonyl (C=O) groups is 1. The molecule has 4 rings (SSSR count). The van der Waals surface area contributed by atoms with Crippen LogP contribution >= 0.6 is 0 Å². The molecule has 0 radical (unpaired) electrons. The minimum atomic E-state index is -0.275. The molecule has 2 amide bonds. The van der Waals surface area contributed by atoms with Gasteiger partial charge in [0.25, 0.3) is 0 Å². The van der Waals surface area contributed by atoms with Crippen molar-refractivity contribution in [2.45, 2.75) is 32.4 Å². The fourth-order valence-electron chi connectivity index (χ4n) is 2.91. The lowest BCUT2D eigenvalue weighted by atomic mass is 10.1. The molecule has 1 atom stereocenters. The van der Waals surface area contributed by atoms with E-state index in [1.807, 2.05) is 23.7 Å². The first-order valence-electron chi connectivity index (χ1n) is 8.10. The number of hydrogen-bond acceptors (Lipinski definition) is 5. The molecular weight excluding hydrogens is 320 g/mol. The maximum Gasteiger partial charge on any atom is 0.320 e. The quantitative estimate of drug-likeness (QED) is 0.749. The number of hydrogen-bond donors (Lipinski definition) is 2. The Kier molecular flexibility index (Phi) is 3.88. The van der Waals surface area contributed by atoms with E-state index in [-0.39, 0.29) is 12.1 Å². The van der Waals surface area contributed by atoms with Gasteiger partial charge < -0.3 is 5.32 Å². The summed E-state index contributed by atoms with van der Waals surface area (Å²) in [5, 5.41) is 14.2. The second kappa shape index (κ2) is 6.34. The molecule has 1 aliphatic heterocycles. The lowest BCUT2D eigenvalue weighted by molar-refractivity contribution is 0.243. The second-order valence-electron chi connectivity index (χ2n) is 6.01. The van der Waals surface area contributed by atoms with Gasteiger partial charge in [0.15, 0.2) is 5.82 Å². The number of urea groups is 1. The molecule has 25 heavy (non-hydrogen) atoms. The van der Waals surface area contributed by atoms with E-state index in [2.05, 4.69) is 30.8 Å². The Hall–Kier alpha value is -3.23. The normalized spacial score (nSPS) is 16.3. The number of anilines is 1. The van der Waals surface area contributed by atoms with Crippen LogP contribution in [0.25, 0.3) is 5.82 Å². The minimum absolute atomic E-state index is 0.0164. The van der Waals surface area contributed by atoms with Gasteiger partial charge in [-0.1, -0.05) is 0 Å². The zero-order chi connectivity index (χ0) is 17.2. The van der Waals surface area contributed by atoms with E-state index in [1.54, 1.807) is 29.5 Å². The number of aryl methyl sites for hydroxylation is 2. The molecule has 0 saturated carbocycles. The van der Waals surface area contributed by atoms with Crippen LogP contribution in [0.5, 0.6) is 0 Å². The fourth-order valence-corrected chi connectivity index (χ4v) is 2.91. The first-order chi connectivity index (χ1) is 12.2. The number of nitrogens with zero attached hydrogens (tertiary/aromatic N) is 6. The Balaban J connectivity index is 1.43. The van der Waals surface area contributed by atoms with Crippen LogP contribution in [0.2, 0.25) is 0 Å². The molecule has 0 fully saturated rings. The van der Waals surface area contributed by atoms with E-state index < -0.39 is 0 Å². The maximum atomic E-state index is 12.4. The van der Waals surface area contributed by atoms with Crippen LogP contribution in [-0.4, -0.2) is 41.6 Å². The lowest BCUT2D eigenvalue weighted by Gasteiger charge is -2.23. The average Bonchev–Trinajstić information content (AvgIpc) is 3.23. The zero-order valence-electron chi connectivity index (χ0n) is 13.8. The standard InChI is InChI=1S/C16H18N8O/c1-11-4-6-17-15(8-11)24-14(5-7-19-24)22-16(25)21-12-2-3-13-18-10-20-23(13)9-12/h4-8,10,12H,2-3,9H2,1H3,(H2,21,22,25)/t12-/m0/s1. The molecule has 9 heteroatoms. The summed E-state index contributed by atoms with van der Waals surface area (Å²) in [4.78, 5) is 20.8. The molecule has 4 heterocycles. The number of pyridine rings is 1. The molecule has 0 saturated heterocycles. The summed E-state index contributed by atoms with van der Waals surface area (Å²) in [5.74, 6) is 2.18. The van der Waals surface area contributed by atoms with E-state index in [0.717, 1.165) is 24.2 Å². The van der Waals surface area contributed by atoms with E-state index in [0.29, 0.717) is 18.2 Å². The minimum Gasteiger partial charge on any atom is -0.333 e. The number of carbonyl (C=O) groups excluding carboxylic acids is 1. The van der Waals surface area contributed by atoms with Crippen LogP contribution in [-0.2, 0) is 13.0 Å². The summed E-state index contributed by atoms with van der Waals surface area (Å²) in [5.41, 5.74) is 1.07. The van der Waals surface area contributed by atoms with Gasteiger partial charge in [0.05, 0.1) is 18.8 Å². The summed E-state index contributed by atoms with van der Waals surface area (Å²) >= 11 is 0. The number of amides is 2. The Labute approximate surface area is 144 Å². The third-order valence-electron chi connectivity index (χ3n) is 4.14. The van der Waals surface area contributed by atoms with E-state index in [9.17, 15) is 4.79 Å². The molecule has 3 aromatic rings. The van der Waals surface area contributed by atoms with Crippen molar-refractivity contribution in [3.05, 3.63) is 48.3 Å². The Morgan fingerprint density at radius 3 is 3.04 bits per heavy atom. The van der Waals surface area contributed by atoms with Crippen molar-refractivity contribution in [2.24, 2.45) is 0 Å². The van der Waals surface area contributed by atoms with Crippen LogP contribution in [0.15, 0.2) is 36.9 Å². The van der Waals surface area contributed by atoms with Gasteiger partial charge in [-0.15, -0.1) is 0 Å². The first-order valence-corrected chi connectivity index (χ1v) is 8.10. The number of nitrogens with one attached hydrogen (secondary N) is 2. The average molecular weight is 338 g/mol. The molecule has 3 aromatic heterocycles. The predicted molar refractivity (Wildman–Crippen MR) is 90.4 cm³/mol. The molecule has 0 aromatic carbocycles. The Bertz CT molecular complexity index is 899. The fraction of sp³-hybridized carbons (Fsp3) is 0.312. The predicted octanol–water partition coefficient (Wildman–Crippen LogP) is 1.30. The molecule has 9 nitrogen and oxygen atoms in total. The van der Waals surface area contributed by atoms with E-state index in [4.69, 9.17) is 0 Å². The second-order valence-corrected chi connectivity index (χ2v) is 6.01. The number of rotatable bonds is 3. The van der Waals surface area contributed by atoms with Gasteiger partial charge in [-0.05, 0) is 31.0 Å². The number of aromatic nitrogens is 6. The maximum absolute atomic E-state index is 12.4. The summed E-state index contributed by atoms with van der Waals surface area (Å²) in [6, 6.07) is 5.29. The molecule has 0 unspecified atom stereocenters. The molecular formula is C16H18N8O. The van der Waals surface area contributed by atoms with Gasteiger partial charge in [-0.2, -0.15) is 14.9 Å². The van der Waals surface area contributed by atoms with Gasteiger partial charge in [-0.25, -0.2) is 19.4 Å². The van der Waals surface area contributed by atoms with E-state index in [1.165, 1.54) is 0 Å². The van der Waals surface area contributed by atoms with Crippen LogP contribution in [0.1, 0.15) is 17.8 Å². The molecule has 0 bridgehead atoms. The Morgan fingerprint density at radius 1 is 1.24 bits per heavy atom. The third kappa shape index (κ3) is 3.21. The van der Waals surface area contributed by atoms with Crippen molar-refractivity contribution in [1.82, 2.24) is 34.8 Å². The monoisotopic (exact) mass is 338 g/mol. The summed E-state index contributed by atoms with van der Waals surface area (Å²) < 4.78 is 3.43. The summed E-state index contributed by atoms with van der Waals surface area (Å²) in [6.07, 6.45) is 6.53. The van der Waals surface area contributed by atoms with Crippen LogP contribution in [0.4, 0.5) is 10.6 Å². The van der Waals surface area contributed by atoms with Crippen molar-refractivity contribution in [1.29, 1.82) is 0 Å². The topological polar surface area (TPSA) is 103 Å². The zero-order valence-corrected chi connectivity index (χ0v) is 13.8. The molecule has 2 N–H and O–H groups in total. The summed E-state index contributed by atoms with van der Waals surface area (Å²) in [7, 11) is 0. The smallest absolute Gasteiger partial charge is 0.320 e. The third-order valence-corrected chi connectivity index (χ3v) is 4.14. The molecule has 0 spiro atoms. The van der Waals surface area contributed by atoms with Gasteiger partial charge in [-0.3, -0.25) is 5.32 Å². The van der Waals surface area contributed by atoms with Gasteiger partial charge in [0.2, 0.25) is 0 Å². The van der Waals surface area contributed by atoms with Crippen molar-refractivity contribution in [3.8, 4) is 5.82 Å². The highest BCUT2D eigenvalue weighted by atomic mass is 16.2. The van der Waals surface area contributed by atoms with Gasteiger partial charge in [0, 0.05) is 18.7 Å². The lowest BCUT2D eigenvalue weighted by Crippen LogP contribution is -2.43. The summed E-state index contributed by atoms with van der Waals surface area (Å²) in [6.45, 7) is 2.61.